The summed E-state index contributed by atoms with van der Waals surface area (Å²) in [4.78, 5) is 27.1. The summed E-state index contributed by atoms with van der Waals surface area (Å²) in [6, 6.07) is 0. The molecule has 24 heavy (non-hydrogen) atoms. The lowest BCUT2D eigenvalue weighted by molar-refractivity contribution is -0.126. The molecule has 3 heterocycles. The maximum Gasteiger partial charge on any atom is 0.246 e. The molecule has 0 radical (unpaired) electrons. The van der Waals surface area contributed by atoms with Gasteiger partial charge in [-0.05, 0) is 25.1 Å². The number of carbonyl (C=O) groups excluding carboxylic acids is 1. The van der Waals surface area contributed by atoms with E-state index < -0.39 is 0 Å². The van der Waals surface area contributed by atoms with Gasteiger partial charge in [0.2, 0.25) is 5.91 Å². The number of fused-ring (bicyclic) bond motifs is 3. The number of rotatable bonds is 5. The highest BCUT2D eigenvalue weighted by Crippen LogP contribution is 2.36. The lowest BCUT2D eigenvalue weighted by Crippen LogP contribution is -2.34. The van der Waals surface area contributed by atoms with Gasteiger partial charge in [-0.2, -0.15) is 0 Å². The van der Waals surface area contributed by atoms with Crippen molar-refractivity contribution in [3.8, 4) is 0 Å². The summed E-state index contributed by atoms with van der Waals surface area (Å²) in [6.45, 7) is 8.39. The zero-order valence-electron chi connectivity index (χ0n) is 14.2. The number of amides is 1. The molecule has 2 aromatic rings. The van der Waals surface area contributed by atoms with Crippen LogP contribution in [0.3, 0.4) is 0 Å². The minimum absolute atomic E-state index is 0.0734. The molecule has 0 aromatic carbocycles. The maximum atomic E-state index is 12.4. The van der Waals surface area contributed by atoms with Gasteiger partial charge in [0, 0.05) is 24.0 Å². The normalized spacial score (nSPS) is 14.7. The number of anilines is 1. The van der Waals surface area contributed by atoms with Crippen molar-refractivity contribution in [3.05, 3.63) is 28.9 Å². The topological polar surface area (TPSA) is 75.4 Å². The quantitative estimate of drug-likeness (QED) is 0.840. The van der Waals surface area contributed by atoms with Crippen LogP contribution in [0.5, 0.6) is 0 Å². The summed E-state index contributed by atoms with van der Waals surface area (Å²) in [5.74, 6) is 0.612. The predicted octanol–water partition coefficient (Wildman–Crippen LogP) is 2.06. The van der Waals surface area contributed by atoms with Crippen molar-refractivity contribution in [1.29, 1.82) is 0 Å². The van der Waals surface area contributed by atoms with Crippen LogP contribution in [0, 0.1) is 0 Å². The Morgan fingerprint density at radius 1 is 1.42 bits per heavy atom. The number of thiophene rings is 1. The van der Waals surface area contributed by atoms with E-state index in [-0.39, 0.29) is 5.91 Å². The molecule has 1 aliphatic rings. The van der Waals surface area contributed by atoms with Crippen molar-refractivity contribution in [1.82, 2.24) is 19.8 Å². The first kappa shape index (κ1) is 16.9. The number of nitrogens with two attached hydrogens (primary N) is 1. The second kappa shape index (κ2) is 7.27. The van der Waals surface area contributed by atoms with E-state index in [1.807, 2.05) is 11.0 Å². The fourth-order valence-electron chi connectivity index (χ4n) is 3.03. The van der Waals surface area contributed by atoms with Gasteiger partial charge < -0.3 is 15.5 Å². The Balaban J connectivity index is 1.71. The largest absolute Gasteiger partial charge is 0.383 e. The maximum absolute atomic E-state index is 12.4. The Hall–Kier alpha value is -1.99. The molecule has 2 aromatic heterocycles. The van der Waals surface area contributed by atoms with E-state index >= 15 is 0 Å². The molecule has 1 aliphatic heterocycles. The van der Waals surface area contributed by atoms with E-state index in [1.54, 1.807) is 17.4 Å². The second-order valence-electron chi connectivity index (χ2n) is 5.84. The Bertz CT molecular complexity index is 766. The standard InChI is InChI=1S/C17H23N5OS/c1-3-21(4-2)8-5-6-14(23)22-9-7-12-13(10-22)24-17-15(12)16(18)19-11-20-17/h5-6,11H,3-4,7-10H2,1-2H3,(H2,18,19,20)/b6-5+. The van der Waals surface area contributed by atoms with Gasteiger partial charge in [-0.25, -0.2) is 9.97 Å². The van der Waals surface area contributed by atoms with Crippen LogP contribution in [0.4, 0.5) is 5.82 Å². The van der Waals surface area contributed by atoms with Gasteiger partial charge in [-0.15, -0.1) is 11.3 Å². The van der Waals surface area contributed by atoms with Gasteiger partial charge in [0.25, 0.3) is 0 Å². The molecular weight excluding hydrogens is 322 g/mol. The van der Waals surface area contributed by atoms with Gasteiger partial charge in [0.15, 0.2) is 0 Å². The summed E-state index contributed by atoms with van der Waals surface area (Å²) in [6.07, 6.45) is 5.96. The summed E-state index contributed by atoms with van der Waals surface area (Å²) in [5.41, 5.74) is 7.21. The zero-order valence-corrected chi connectivity index (χ0v) is 15.0. The molecule has 0 saturated carbocycles. The summed E-state index contributed by atoms with van der Waals surface area (Å²) >= 11 is 1.61. The van der Waals surface area contributed by atoms with Crippen LogP contribution in [-0.4, -0.2) is 51.9 Å². The van der Waals surface area contributed by atoms with Crippen LogP contribution in [0.2, 0.25) is 0 Å². The Labute approximate surface area is 146 Å². The van der Waals surface area contributed by atoms with Crippen molar-refractivity contribution in [2.45, 2.75) is 26.8 Å². The minimum atomic E-state index is 0.0734. The van der Waals surface area contributed by atoms with Gasteiger partial charge >= 0.3 is 0 Å². The van der Waals surface area contributed by atoms with Crippen molar-refractivity contribution in [3.63, 3.8) is 0 Å². The number of carbonyl (C=O) groups is 1. The molecular formula is C17H23N5OS. The fourth-order valence-corrected chi connectivity index (χ4v) is 4.24. The monoisotopic (exact) mass is 345 g/mol. The van der Waals surface area contributed by atoms with E-state index in [0.29, 0.717) is 18.9 Å². The predicted molar refractivity (Wildman–Crippen MR) is 97.9 cm³/mol. The van der Waals surface area contributed by atoms with Crippen LogP contribution >= 0.6 is 11.3 Å². The van der Waals surface area contributed by atoms with Gasteiger partial charge in [0.05, 0.1) is 11.9 Å². The summed E-state index contributed by atoms with van der Waals surface area (Å²) < 4.78 is 0. The Kier molecular flexibility index (Phi) is 5.11. The highest BCUT2D eigenvalue weighted by Gasteiger charge is 2.24. The first-order valence-electron chi connectivity index (χ1n) is 8.32. The number of aromatic nitrogens is 2. The third-order valence-corrected chi connectivity index (χ3v) is 5.62. The number of likely N-dealkylation sites (N-methyl/N-ethyl adjacent to an activating group) is 1. The minimum Gasteiger partial charge on any atom is -0.383 e. The van der Waals surface area contributed by atoms with Crippen molar-refractivity contribution < 1.29 is 4.79 Å². The van der Waals surface area contributed by atoms with Crippen molar-refractivity contribution in [2.24, 2.45) is 0 Å². The van der Waals surface area contributed by atoms with E-state index in [4.69, 9.17) is 5.73 Å². The van der Waals surface area contributed by atoms with Crippen LogP contribution in [0.15, 0.2) is 18.5 Å². The number of hydrogen-bond acceptors (Lipinski definition) is 6. The van der Waals surface area contributed by atoms with Gasteiger partial charge in [-0.1, -0.05) is 19.9 Å². The number of nitrogens with zero attached hydrogens (tertiary/aromatic N) is 4. The van der Waals surface area contributed by atoms with Crippen LogP contribution in [0.25, 0.3) is 10.2 Å². The van der Waals surface area contributed by atoms with E-state index in [1.165, 1.54) is 16.8 Å². The first-order chi connectivity index (χ1) is 11.6. The molecule has 1 amide bonds. The van der Waals surface area contributed by atoms with E-state index in [0.717, 1.165) is 36.3 Å². The first-order valence-corrected chi connectivity index (χ1v) is 9.14. The molecule has 6 nitrogen and oxygen atoms in total. The molecule has 7 heteroatoms. The molecule has 0 atom stereocenters. The Morgan fingerprint density at radius 3 is 2.96 bits per heavy atom. The third kappa shape index (κ3) is 3.27. The smallest absolute Gasteiger partial charge is 0.246 e. The molecule has 2 N–H and O–H groups in total. The fraction of sp³-hybridized carbons (Fsp3) is 0.471. The zero-order chi connectivity index (χ0) is 17.1. The lowest BCUT2D eigenvalue weighted by Gasteiger charge is -2.26. The second-order valence-corrected chi connectivity index (χ2v) is 6.92. The molecule has 0 fully saturated rings. The van der Waals surface area contributed by atoms with Crippen LogP contribution in [-0.2, 0) is 17.8 Å². The molecule has 0 aliphatic carbocycles. The van der Waals surface area contributed by atoms with Crippen LogP contribution < -0.4 is 5.73 Å². The van der Waals surface area contributed by atoms with Gasteiger partial charge in [0.1, 0.15) is 17.0 Å². The molecule has 3 rings (SSSR count). The summed E-state index contributed by atoms with van der Waals surface area (Å²) in [7, 11) is 0. The highest BCUT2D eigenvalue weighted by atomic mass is 32.1. The molecule has 0 saturated heterocycles. The SMILES string of the molecule is CCN(CC)C/C=C/C(=O)N1CCc2c(sc3ncnc(N)c23)C1. The molecule has 128 valence electrons. The van der Waals surface area contributed by atoms with E-state index in [2.05, 4.69) is 28.7 Å². The van der Waals surface area contributed by atoms with Crippen molar-refractivity contribution >= 4 is 33.3 Å². The molecule has 0 unspecified atom stereocenters. The highest BCUT2D eigenvalue weighted by molar-refractivity contribution is 7.19. The van der Waals surface area contributed by atoms with E-state index in [9.17, 15) is 4.79 Å². The molecule has 0 spiro atoms. The van der Waals surface area contributed by atoms with Crippen molar-refractivity contribution in [2.75, 3.05) is 31.9 Å². The lowest BCUT2D eigenvalue weighted by atomic mass is 10.0. The third-order valence-electron chi connectivity index (χ3n) is 4.50. The Morgan fingerprint density at radius 2 is 2.21 bits per heavy atom. The number of hydrogen-bond donors (Lipinski definition) is 1. The average molecular weight is 345 g/mol. The molecule has 0 bridgehead atoms. The van der Waals surface area contributed by atoms with Gasteiger partial charge in [-0.3, -0.25) is 4.79 Å². The summed E-state index contributed by atoms with van der Waals surface area (Å²) in [5, 5.41) is 0.974. The average Bonchev–Trinajstić information content (AvgIpc) is 2.97. The number of nitrogen functional groups attached to an aromatic ring is 1. The van der Waals surface area contributed by atoms with Crippen LogP contribution in [0.1, 0.15) is 24.3 Å².